The number of hydrogen-bond donors (Lipinski definition) is 2. The highest BCUT2D eigenvalue weighted by Gasteiger charge is 2.33. The van der Waals surface area contributed by atoms with Crippen LogP contribution in [0.2, 0.25) is 0 Å². The second kappa shape index (κ2) is 8.10. The largest absolute Gasteiger partial charge is 0.454 e. The first kappa shape index (κ1) is 19.2. The normalized spacial score (nSPS) is 19.2. The molecule has 1 saturated heterocycles. The Kier molecular flexibility index (Phi) is 5.37. The number of anilines is 1. The van der Waals surface area contributed by atoms with E-state index in [0.717, 1.165) is 0 Å². The van der Waals surface area contributed by atoms with Crippen molar-refractivity contribution < 1.29 is 28.9 Å². The summed E-state index contributed by atoms with van der Waals surface area (Å²) in [4.78, 5) is 26.1. The van der Waals surface area contributed by atoms with Crippen LogP contribution >= 0.6 is 0 Å². The molecule has 2 atom stereocenters. The van der Waals surface area contributed by atoms with Crippen LogP contribution in [0.25, 0.3) is 0 Å². The van der Waals surface area contributed by atoms with Gasteiger partial charge in [-0.05, 0) is 42.8 Å². The lowest BCUT2D eigenvalue weighted by atomic mass is 10.00. The minimum Gasteiger partial charge on any atom is -0.454 e. The summed E-state index contributed by atoms with van der Waals surface area (Å²) < 4.78 is 15.8. The lowest BCUT2D eigenvalue weighted by Gasteiger charge is -2.37. The van der Waals surface area contributed by atoms with E-state index in [-0.39, 0.29) is 31.8 Å². The van der Waals surface area contributed by atoms with Gasteiger partial charge in [0.15, 0.2) is 11.5 Å². The van der Waals surface area contributed by atoms with E-state index in [2.05, 4.69) is 5.32 Å². The molecular formula is C21H22N2O6. The summed E-state index contributed by atoms with van der Waals surface area (Å²) in [6, 6.07) is 11.4. The zero-order chi connectivity index (χ0) is 20.4. The minimum atomic E-state index is -0.877. The summed E-state index contributed by atoms with van der Waals surface area (Å²) in [5.74, 6) is 0.752. The summed E-state index contributed by atoms with van der Waals surface area (Å²) >= 11 is 0. The number of rotatable bonds is 5. The first-order valence-corrected chi connectivity index (χ1v) is 9.43. The number of carbonyl (C=O) groups is 2. The average molecular weight is 398 g/mol. The van der Waals surface area contributed by atoms with Crippen LogP contribution in [0.3, 0.4) is 0 Å². The molecule has 0 bridgehead atoms. The molecule has 2 N–H and O–H groups in total. The Morgan fingerprint density at radius 2 is 1.97 bits per heavy atom. The van der Waals surface area contributed by atoms with Gasteiger partial charge in [-0.3, -0.25) is 9.59 Å². The maximum atomic E-state index is 12.5. The number of morpholine rings is 1. The molecular weight excluding hydrogens is 376 g/mol. The van der Waals surface area contributed by atoms with Crippen molar-refractivity contribution in [3.05, 3.63) is 53.6 Å². The van der Waals surface area contributed by atoms with Crippen molar-refractivity contribution >= 4 is 17.5 Å². The Labute approximate surface area is 168 Å². The predicted octanol–water partition coefficient (Wildman–Crippen LogP) is 1.95. The molecule has 8 nitrogen and oxygen atoms in total. The average Bonchev–Trinajstić information content (AvgIpc) is 3.21. The molecule has 0 aliphatic carbocycles. The Bertz CT molecular complexity index is 914. The first-order valence-electron chi connectivity index (χ1n) is 9.43. The van der Waals surface area contributed by atoms with Crippen molar-refractivity contribution in [1.82, 2.24) is 4.90 Å². The number of hydrogen-bond acceptors (Lipinski definition) is 6. The van der Waals surface area contributed by atoms with Crippen LogP contribution in [-0.2, 0) is 9.53 Å². The van der Waals surface area contributed by atoms with E-state index >= 15 is 0 Å². The second-order valence-electron chi connectivity index (χ2n) is 6.85. The summed E-state index contributed by atoms with van der Waals surface area (Å²) in [6.07, 6.45) is -0.877. The molecule has 152 valence electrons. The molecule has 4 rings (SSSR count). The van der Waals surface area contributed by atoms with Gasteiger partial charge < -0.3 is 29.5 Å². The Morgan fingerprint density at radius 3 is 2.72 bits per heavy atom. The van der Waals surface area contributed by atoms with Gasteiger partial charge in [0.25, 0.3) is 5.91 Å². The topological polar surface area (TPSA) is 97.3 Å². The number of nitrogens with one attached hydrogen (secondary N) is 1. The highest BCUT2D eigenvalue weighted by Crippen LogP contribution is 2.32. The second-order valence-corrected chi connectivity index (χ2v) is 6.85. The molecule has 8 heteroatoms. The van der Waals surface area contributed by atoms with Crippen LogP contribution in [0, 0.1) is 0 Å². The van der Waals surface area contributed by atoms with E-state index in [1.165, 1.54) is 0 Å². The molecule has 0 radical (unpaired) electrons. The molecule has 29 heavy (non-hydrogen) atoms. The van der Waals surface area contributed by atoms with Crippen molar-refractivity contribution in [2.45, 2.75) is 19.1 Å². The summed E-state index contributed by atoms with van der Waals surface area (Å²) in [5, 5.41) is 13.5. The van der Waals surface area contributed by atoms with E-state index < -0.39 is 12.1 Å². The quantitative estimate of drug-likeness (QED) is 0.799. The SMILES string of the molecule is CCN1C(=O)COC[C@@H]1[C@H](O)c1ccc(NC(=O)c2ccc3c(c2)OCO3)cc1. The molecule has 2 heterocycles. The van der Waals surface area contributed by atoms with Crippen molar-refractivity contribution in [2.24, 2.45) is 0 Å². The third kappa shape index (κ3) is 3.90. The highest BCUT2D eigenvalue weighted by atomic mass is 16.7. The van der Waals surface area contributed by atoms with Crippen molar-refractivity contribution in [3.63, 3.8) is 0 Å². The van der Waals surface area contributed by atoms with Crippen molar-refractivity contribution in [2.75, 3.05) is 31.9 Å². The van der Waals surface area contributed by atoms with E-state index in [0.29, 0.717) is 34.9 Å². The fraction of sp³-hybridized carbons (Fsp3) is 0.333. The van der Waals surface area contributed by atoms with E-state index in [1.807, 2.05) is 6.92 Å². The monoisotopic (exact) mass is 398 g/mol. The maximum Gasteiger partial charge on any atom is 0.255 e. The van der Waals surface area contributed by atoms with E-state index in [9.17, 15) is 14.7 Å². The van der Waals surface area contributed by atoms with Gasteiger partial charge in [0, 0.05) is 17.8 Å². The molecule has 1 fully saturated rings. The number of carbonyl (C=O) groups excluding carboxylic acids is 2. The number of amides is 2. The summed E-state index contributed by atoms with van der Waals surface area (Å²) in [6.45, 7) is 2.85. The molecule has 2 amide bonds. The van der Waals surface area contributed by atoms with Gasteiger partial charge in [-0.15, -0.1) is 0 Å². The molecule has 0 spiro atoms. The van der Waals surface area contributed by atoms with Crippen LogP contribution in [0.1, 0.15) is 28.9 Å². The Hall–Kier alpha value is -3.10. The fourth-order valence-corrected chi connectivity index (χ4v) is 3.52. The van der Waals surface area contributed by atoms with Crippen LogP contribution in [0.5, 0.6) is 11.5 Å². The summed E-state index contributed by atoms with van der Waals surface area (Å²) in [5.41, 5.74) is 1.69. The van der Waals surface area contributed by atoms with E-state index in [1.54, 1.807) is 47.4 Å². The third-order valence-corrected chi connectivity index (χ3v) is 5.08. The molecule has 2 aliphatic rings. The molecule has 2 aromatic rings. The maximum absolute atomic E-state index is 12.5. The zero-order valence-electron chi connectivity index (χ0n) is 16.0. The van der Waals surface area contributed by atoms with Crippen molar-refractivity contribution in [3.8, 4) is 11.5 Å². The van der Waals surface area contributed by atoms with Crippen molar-refractivity contribution in [1.29, 1.82) is 0 Å². The Morgan fingerprint density at radius 1 is 1.21 bits per heavy atom. The molecule has 2 aromatic carbocycles. The minimum absolute atomic E-state index is 0.0435. The van der Waals surface area contributed by atoms with Gasteiger partial charge in [-0.2, -0.15) is 0 Å². The fourth-order valence-electron chi connectivity index (χ4n) is 3.52. The van der Waals surface area contributed by atoms with Gasteiger partial charge in [-0.25, -0.2) is 0 Å². The van der Waals surface area contributed by atoms with Gasteiger partial charge in [0.1, 0.15) is 12.7 Å². The molecule has 2 aliphatic heterocycles. The van der Waals surface area contributed by atoms with Crippen LogP contribution in [0.15, 0.2) is 42.5 Å². The van der Waals surface area contributed by atoms with Gasteiger partial charge >= 0.3 is 0 Å². The first-order chi connectivity index (χ1) is 14.1. The van der Waals surface area contributed by atoms with Gasteiger partial charge in [-0.1, -0.05) is 12.1 Å². The lowest BCUT2D eigenvalue weighted by Crippen LogP contribution is -2.51. The zero-order valence-corrected chi connectivity index (χ0v) is 16.0. The van der Waals surface area contributed by atoms with Crippen LogP contribution in [0.4, 0.5) is 5.69 Å². The number of benzene rings is 2. The predicted molar refractivity (Wildman–Crippen MR) is 104 cm³/mol. The van der Waals surface area contributed by atoms with Gasteiger partial charge in [0.05, 0.1) is 12.6 Å². The molecule has 0 aromatic heterocycles. The number of likely N-dealkylation sites (N-methyl/N-ethyl adjacent to an activating group) is 1. The number of fused-ring (bicyclic) bond motifs is 1. The summed E-state index contributed by atoms with van der Waals surface area (Å²) in [7, 11) is 0. The third-order valence-electron chi connectivity index (χ3n) is 5.08. The highest BCUT2D eigenvalue weighted by molar-refractivity contribution is 6.04. The number of ether oxygens (including phenoxy) is 3. The van der Waals surface area contributed by atoms with Crippen LogP contribution in [-0.4, -0.2) is 54.4 Å². The Balaban J connectivity index is 1.43. The smallest absolute Gasteiger partial charge is 0.255 e. The number of aliphatic hydroxyl groups is 1. The molecule has 0 unspecified atom stereocenters. The standard InChI is InChI=1S/C21H22N2O6/c1-2-23-16(10-27-11-19(23)24)20(25)13-3-6-15(7-4-13)22-21(26)14-5-8-17-18(9-14)29-12-28-17/h3-9,16,20,25H,2,10-12H2,1H3,(H,22,26)/t16-,20-/m1/s1. The number of aliphatic hydroxyl groups excluding tert-OH is 1. The molecule has 0 saturated carbocycles. The number of nitrogens with zero attached hydrogens (tertiary/aromatic N) is 1. The van der Waals surface area contributed by atoms with Crippen LogP contribution < -0.4 is 14.8 Å². The lowest BCUT2D eigenvalue weighted by molar-refractivity contribution is -0.153. The van der Waals surface area contributed by atoms with Gasteiger partial charge in [0.2, 0.25) is 12.7 Å². The van der Waals surface area contributed by atoms with E-state index in [4.69, 9.17) is 14.2 Å².